The number of nitrogens with one attached hydrogen (secondary N) is 2. The van der Waals surface area contributed by atoms with Crippen molar-refractivity contribution in [2.75, 3.05) is 13.1 Å². The lowest BCUT2D eigenvalue weighted by Gasteiger charge is -2.03. The Morgan fingerprint density at radius 1 is 1.28 bits per heavy atom. The lowest BCUT2D eigenvalue weighted by atomic mass is 10.2. The molecule has 2 rings (SSSR count). The zero-order chi connectivity index (χ0) is 12.3. The van der Waals surface area contributed by atoms with Crippen LogP contribution >= 0.6 is 47.2 Å². The number of guanidine groups is 1. The molecule has 0 atom stereocenters. The number of halogens is 4. The molecule has 2 N–H and O–H groups in total. The van der Waals surface area contributed by atoms with E-state index in [0.717, 1.165) is 13.1 Å². The SMILES string of the molecule is Cl.Clc1ccc(Cl)c(/C=N/NC2=NCCN2)c1Cl. The Balaban J connectivity index is 0.00000162. The fourth-order valence-corrected chi connectivity index (χ4v) is 1.92. The Labute approximate surface area is 126 Å². The minimum atomic E-state index is 0. The normalized spacial score (nSPS) is 14.1. The second-order valence-electron chi connectivity index (χ2n) is 3.28. The first-order valence-electron chi connectivity index (χ1n) is 4.89. The summed E-state index contributed by atoms with van der Waals surface area (Å²) in [5.74, 6) is 0.635. The van der Waals surface area contributed by atoms with Crippen molar-refractivity contribution < 1.29 is 0 Å². The molecule has 1 aliphatic rings. The van der Waals surface area contributed by atoms with E-state index in [2.05, 4.69) is 20.8 Å². The molecule has 0 unspecified atom stereocenters. The van der Waals surface area contributed by atoms with Crippen LogP contribution < -0.4 is 10.7 Å². The van der Waals surface area contributed by atoms with Gasteiger partial charge in [-0.2, -0.15) is 5.10 Å². The summed E-state index contributed by atoms with van der Waals surface area (Å²) in [7, 11) is 0. The average molecular weight is 328 g/mol. The highest BCUT2D eigenvalue weighted by atomic mass is 35.5. The maximum absolute atomic E-state index is 6.01. The molecule has 18 heavy (non-hydrogen) atoms. The number of aliphatic imine (C=N–C) groups is 1. The standard InChI is InChI=1S/C10H9Cl3N4.ClH/c11-7-1-2-8(12)9(13)6(7)5-16-17-10-14-3-4-15-10;/h1-2,5H,3-4H2,(H2,14,15,17);1H/b16-5+;. The van der Waals surface area contributed by atoms with Gasteiger partial charge in [-0.25, -0.2) is 10.4 Å². The molecule has 0 fully saturated rings. The van der Waals surface area contributed by atoms with Crippen LogP contribution in [0.1, 0.15) is 5.56 Å². The predicted octanol–water partition coefficient (Wildman–Crippen LogP) is 2.95. The van der Waals surface area contributed by atoms with Gasteiger partial charge in [-0.15, -0.1) is 12.4 Å². The number of benzene rings is 1. The summed E-state index contributed by atoms with van der Waals surface area (Å²) in [5.41, 5.74) is 3.33. The van der Waals surface area contributed by atoms with Gasteiger partial charge in [0, 0.05) is 12.1 Å². The van der Waals surface area contributed by atoms with E-state index in [1.165, 1.54) is 6.21 Å². The Bertz CT molecular complexity index is 487. The molecule has 0 amide bonds. The molecule has 0 saturated heterocycles. The highest BCUT2D eigenvalue weighted by molar-refractivity contribution is 6.45. The van der Waals surface area contributed by atoms with Crippen LogP contribution in [0, 0.1) is 0 Å². The van der Waals surface area contributed by atoms with Crippen LogP contribution in [0.3, 0.4) is 0 Å². The van der Waals surface area contributed by atoms with Crippen molar-refractivity contribution in [3.8, 4) is 0 Å². The molecule has 0 saturated carbocycles. The van der Waals surface area contributed by atoms with Crippen molar-refractivity contribution in [3.63, 3.8) is 0 Å². The molecule has 0 bridgehead atoms. The Kier molecular flexibility index (Phi) is 6.02. The third-order valence-electron chi connectivity index (χ3n) is 2.12. The van der Waals surface area contributed by atoms with Gasteiger partial charge in [-0.3, -0.25) is 0 Å². The monoisotopic (exact) mass is 326 g/mol. The molecule has 0 radical (unpaired) electrons. The third kappa shape index (κ3) is 3.65. The summed E-state index contributed by atoms with van der Waals surface area (Å²) >= 11 is 17.9. The highest BCUT2D eigenvalue weighted by Crippen LogP contribution is 2.29. The maximum Gasteiger partial charge on any atom is 0.212 e. The van der Waals surface area contributed by atoms with Crippen molar-refractivity contribution in [1.29, 1.82) is 0 Å². The van der Waals surface area contributed by atoms with Gasteiger partial charge in [-0.1, -0.05) is 34.8 Å². The number of hydrogen-bond acceptors (Lipinski definition) is 4. The first-order chi connectivity index (χ1) is 8.18. The topological polar surface area (TPSA) is 48.8 Å². The van der Waals surface area contributed by atoms with Crippen LogP contribution in [0.15, 0.2) is 22.2 Å². The number of hydrazone groups is 1. The van der Waals surface area contributed by atoms with E-state index in [1.807, 2.05) is 0 Å². The summed E-state index contributed by atoms with van der Waals surface area (Å²) in [6.07, 6.45) is 1.51. The lowest BCUT2D eigenvalue weighted by molar-refractivity contribution is 0.920. The van der Waals surface area contributed by atoms with Gasteiger partial charge in [0.05, 0.1) is 27.8 Å². The molecule has 1 aromatic rings. The van der Waals surface area contributed by atoms with Gasteiger partial charge in [-0.05, 0) is 12.1 Å². The van der Waals surface area contributed by atoms with Crippen LogP contribution in [-0.4, -0.2) is 25.3 Å². The minimum Gasteiger partial charge on any atom is -0.353 e. The lowest BCUT2D eigenvalue weighted by Crippen LogP contribution is -2.30. The van der Waals surface area contributed by atoms with Crippen molar-refractivity contribution in [3.05, 3.63) is 32.8 Å². The number of rotatable bonds is 2. The van der Waals surface area contributed by atoms with E-state index in [0.29, 0.717) is 26.6 Å². The van der Waals surface area contributed by atoms with Crippen LogP contribution in [0.2, 0.25) is 15.1 Å². The zero-order valence-electron chi connectivity index (χ0n) is 9.08. The van der Waals surface area contributed by atoms with Crippen LogP contribution in [-0.2, 0) is 0 Å². The molecule has 4 nitrogen and oxygen atoms in total. The van der Waals surface area contributed by atoms with Gasteiger partial charge in [0.25, 0.3) is 0 Å². The summed E-state index contributed by atoms with van der Waals surface area (Å²) in [6.45, 7) is 1.56. The highest BCUT2D eigenvalue weighted by Gasteiger charge is 2.07. The van der Waals surface area contributed by atoms with E-state index in [9.17, 15) is 0 Å². The number of hydrogen-bond donors (Lipinski definition) is 2. The van der Waals surface area contributed by atoms with Crippen molar-refractivity contribution in [1.82, 2.24) is 10.7 Å². The third-order valence-corrected chi connectivity index (χ3v) is 3.27. The van der Waals surface area contributed by atoms with Crippen LogP contribution in [0.25, 0.3) is 0 Å². The fraction of sp³-hybridized carbons (Fsp3) is 0.200. The van der Waals surface area contributed by atoms with Gasteiger partial charge < -0.3 is 5.32 Å². The molecule has 0 spiro atoms. The van der Waals surface area contributed by atoms with Gasteiger partial charge in [0.2, 0.25) is 5.96 Å². The maximum atomic E-state index is 6.01. The fourth-order valence-electron chi connectivity index (χ4n) is 1.29. The molecule has 0 aromatic heterocycles. The summed E-state index contributed by atoms with van der Waals surface area (Å²) in [5, 5.41) is 8.32. The Morgan fingerprint density at radius 2 is 2.00 bits per heavy atom. The van der Waals surface area contributed by atoms with E-state index < -0.39 is 0 Å². The number of nitrogens with zero attached hydrogens (tertiary/aromatic N) is 2. The first-order valence-corrected chi connectivity index (χ1v) is 6.03. The molecule has 1 aliphatic heterocycles. The molecule has 1 heterocycles. The molecular formula is C10H10Cl4N4. The van der Waals surface area contributed by atoms with Crippen molar-refractivity contribution in [2.45, 2.75) is 0 Å². The van der Waals surface area contributed by atoms with E-state index in [-0.39, 0.29) is 12.4 Å². The Morgan fingerprint density at radius 3 is 2.67 bits per heavy atom. The van der Waals surface area contributed by atoms with Gasteiger partial charge in [0.15, 0.2) is 0 Å². The zero-order valence-corrected chi connectivity index (χ0v) is 12.2. The largest absolute Gasteiger partial charge is 0.353 e. The smallest absolute Gasteiger partial charge is 0.212 e. The van der Waals surface area contributed by atoms with Crippen LogP contribution in [0.4, 0.5) is 0 Å². The van der Waals surface area contributed by atoms with E-state index in [1.54, 1.807) is 12.1 Å². The van der Waals surface area contributed by atoms with E-state index >= 15 is 0 Å². The van der Waals surface area contributed by atoms with E-state index in [4.69, 9.17) is 34.8 Å². The van der Waals surface area contributed by atoms with Gasteiger partial charge >= 0.3 is 0 Å². The second-order valence-corrected chi connectivity index (χ2v) is 4.48. The molecular weight excluding hydrogens is 318 g/mol. The second kappa shape index (κ2) is 7.04. The summed E-state index contributed by atoms with van der Waals surface area (Å²) < 4.78 is 0. The molecule has 0 aliphatic carbocycles. The Hall–Kier alpha value is -0.680. The average Bonchev–Trinajstić information content (AvgIpc) is 2.81. The predicted molar refractivity (Wildman–Crippen MR) is 79.8 cm³/mol. The molecule has 98 valence electrons. The quantitative estimate of drug-likeness (QED) is 0.498. The van der Waals surface area contributed by atoms with Crippen LogP contribution in [0.5, 0.6) is 0 Å². The minimum absolute atomic E-state index is 0. The summed E-state index contributed by atoms with van der Waals surface area (Å²) in [4.78, 5) is 4.12. The van der Waals surface area contributed by atoms with Crippen molar-refractivity contribution in [2.24, 2.45) is 10.1 Å². The summed E-state index contributed by atoms with van der Waals surface area (Å²) in [6, 6.07) is 3.31. The molecule has 1 aromatic carbocycles. The first kappa shape index (κ1) is 15.4. The molecule has 8 heteroatoms. The van der Waals surface area contributed by atoms with Crippen molar-refractivity contribution >= 4 is 59.4 Å². The van der Waals surface area contributed by atoms with Gasteiger partial charge in [0.1, 0.15) is 0 Å².